The van der Waals surface area contributed by atoms with Gasteiger partial charge in [0.1, 0.15) is 0 Å². The van der Waals surface area contributed by atoms with Crippen LogP contribution in [0.5, 0.6) is 0 Å². The molecule has 0 bridgehead atoms. The normalized spacial score (nSPS) is 11.3. The van der Waals surface area contributed by atoms with Crippen LogP contribution in [-0.2, 0) is 0 Å². The molecule has 2 heterocycles. The maximum Gasteiger partial charge on any atom is 0.0992 e. The molecule has 0 radical (unpaired) electrons. The molecule has 0 saturated carbocycles. The monoisotopic (exact) mass is 534 g/mol. The number of aromatic nitrogens is 2. The van der Waals surface area contributed by atoms with Gasteiger partial charge in [0.25, 0.3) is 0 Å². The molecule has 0 saturated heterocycles. The van der Waals surface area contributed by atoms with Gasteiger partial charge < -0.3 is 9.13 Å². The zero-order chi connectivity index (χ0) is 28.2. The fourth-order valence-electron chi connectivity index (χ4n) is 6.39. The van der Waals surface area contributed by atoms with Crippen molar-refractivity contribution in [1.29, 1.82) is 10.5 Å². The molecule has 0 unspecified atom stereocenters. The molecule has 4 heteroatoms. The molecule has 194 valence electrons. The van der Waals surface area contributed by atoms with Crippen LogP contribution >= 0.6 is 0 Å². The first kappa shape index (κ1) is 23.8. The summed E-state index contributed by atoms with van der Waals surface area (Å²) in [6, 6.07) is 50.1. The molecule has 0 spiro atoms. The lowest BCUT2D eigenvalue weighted by atomic mass is 9.99. The number of para-hydroxylation sites is 4. The van der Waals surface area contributed by atoms with Crippen LogP contribution in [0.1, 0.15) is 11.1 Å². The highest BCUT2D eigenvalue weighted by Gasteiger charge is 2.20. The van der Waals surface area contributed by atoms with E-state index >= 15 is 0 Å². The van der Waals surface area contributed by atoms with Gasteiger partial charge in [0.2, 0.25) is 0 Å². The lowest BCUT2D eigenvalue weighted by Crippen LogP contribution is -2.02. The fourth-order valence-corrected chi connectivity index (χ4v) is 6.39. The second-order valence-corrected chi connectivity index (χ2v) is 10.4. The molecule has 2 aromatic heterocycles. The molecule has 8 aromatic rings. The summed E-state index contributed by atoms with van der Waals surface area (Å²) in [4.78, 5) is 0. The lowest BCUT2D eigenvalue weighted by molar-refractivity contribution is 1.16. The Labute approximate surface area is 242 Å². The Morgan fingerprint density at radius 2 is 0.833 bits per heavy atom. The molecule has 42 heavy (non-hydrogen) atoms. The van der Waals surface area contributed by atoms with Gasteiger partial charge in [0, 0.05) is 32.7 Å². The first-order valence-electron chi connectivity index (χ1n) is 13.8. The van der Waals surface area contributed by atoms with E-state index in [4.69, 9.17) is 0 Å². The van der Waals surface area contributed by atoms with E-state index < -0.39 is 0 Å². The van der Waals surface area contributed by atoms with E-state index in [9.17, 15) is 10.5 Å². The Balaban J connectivity index is 1.49. The van der Waals surface area contributed by atoms with Crippen LogP contribution in [0.4, 0.5) is 0 Å². The number of nitrogens with zero attached hydrogens (tertiary/aromatic N) is 4. The summed E-state index contributed by atoms with van der Waals surface area (Å²) >= 11 is 0. The number of hydrogen-bond acceptors (Lipinski definition) is 2. The van der Waals surface area contributed by atoms with E-state index in [1.54, 1.807) is 0 Å². The first-order valence-corrected chi connectivity index (χ1v) is 13.8. The van der Waals surface area contributed by atoms with Crippen LogP contribution in [0.25, 0.3) is 66.1 Å². The van der Waals surface area contributed by atoms with Crippen molar-refractivity contribution in [2.24, 2.45) is 0 Å². The minimum absolute atomic E-state index is 0.586. The van der Waals surface area contributed by atoms with Gasteiger partial charge in [-0.3, -0.25) is 0 Å². The van der Waals surface area contributed by atoms with Crippen LogP contribution < -0.4 is 0 Å². The topological polar surface area (TPSA) is 57.4 Å². The Morgan fingerprint density at radius 1 is 0.381 bits per heavy atom. The predicted octanol–water partition coefficient (Wildman–Crippen LogP) is 9.29. The highest BCUT2D eigenvalue weighted by Crippen LogP contribution is 2.41. The average molecular weight is 535 g/mol. The van der Waals surface area contributed by atoms with Crippen molar-refractivity contribution in [2.45, 2.75) is 0 Å². The maximum absolute atomic E-state index is 9.96. The van der Waals surface area contributed by atoms with E-state index in [1.165, 1.54) is 10.8 Å². The van der Waals surface area contributed by atoms with Gasteiger partial charge in [-0.15, -0.1) is 0 Å². The highest BCUT2D eigenvalue weighted by molar-refractivity contribution is 6.11. The van der Waals surface area contributed by atoms with Crippen molar-refractivity contribution < 1.29 is 0 Å². The van der Waals surface area contributed by atoms with Crippen LogP contribution in [0.15, 0.2) is 133 Å². The SMILES string of the molecule is N#Cc1ccc(-c2ccccc2-n2c3ccccc3c3ccccc32)c(-n2c3ccccc3c3cc(C#N)ccc32)c1. The molecule has 0 aliphatic heterocycles. The standard InChI is InChI=1S/C38H22N4/c39-23-25-18-20-37-32(21-25)30-12-4-8-16-36(30)42(37)38-22-26(24-40)17-19-31(38)29-11-3-7-15-35(29)41-33-13-5-1-9-27(33)28-10-2-6-14-34(28)41/h1-22H. The second-order valence-electron chi connectivity index (χ2n) is 10.4. The average Bonchev–Trinajstić information content (AvgIpc) is 3.57. The number of hydrogen-bond donors (Lipinski definition) is 0. The van der Waals surface area contributed by atoms with Crippen LogP contribution in [0.3, 0.4) is 0 Å². The zero-order valence-corrected chi connectivity index (χ0v) is 22.5. The molecule has 0 N–H and O–H groups in total. The third kappa shape index (κ3) is 3.40. The van der Waals surface area contributed by atoms with Gasteiger partial charge in [-0.2, -0.15) is 10.5 Å². The molecule has 0 aliphatic rings. The number of fused-ring (bicyclic) bond motifs is 6. The predicted molar refractivity (Wildman–Crippen MR) is 170 cm³/mol. The third-order valence-corrected chi connectivity index (χ3v) is 8.18. The zero-order valence-electron chi connectivity index (χ0n) is 22.5. The molecule has 0 fully saturated rings. The molecular weight excluding hydrogens is 512 g/mol. The minimum Gasteiger partial charge on any atom is -0.309 e. The Bertz CT molecular complexity index is 2390. The van der Waals surface area contributed by atoms with Crippen LogP contribution in [0.2, 0.25) is 0 Å². The summed E-state index contributed by atoms with van der Waals surface area (Å²) in [6.07, 6.45) is 0. The smallest absolute Gasteiger partial charge is 0.0992 e. The third-order valence-electron chi connectivity index (χ3n) is 8.18. The Morgan fingerprint density at radius 3 is 1.48 bits per heavy atom. The van der Waals surface area contributed by atoms with E-state index in [1.807, 2.05) is 42.5 Å². The quantitative estimate of drug-likeness (QED) is 0.227. The molecular formula is C38H22N4. The Hall–Kier alpha value is -6.10. The van der Waals surface area contributed by atoms with Crippen molar-refractivity contribution in [2.75, 3.05) is 0 Å². The van der Waals surface area contributed by atoms with E-state index in [-0.39, 0.29) is 0 Å². The minimum atomic E-state index is 0.586. The largest absolute Gasteiger partial charge is 0.309 e. The molecule has 8 rings (SSSR count). The van der Waals surface area contributed by atoms with Crippen LogP contribution in [0, 0.1) is 22.7 Å². The number of rotatable bonds is 3. The lowest BCUT2D eigenvalue weighted by Gasteiger charge is -2.18. The first-order chi connectivity index (χ1) is 20.8. The van der Waals surface area contributed by atoms with Crippen molar-refractivity contribution >= 4 is 43.6 Å². The van der Waals surface area contributed by atoms with E-state index in [2.05, 4.69) is 112 Å². The Kier molecular flexibility index (Phi) is 5.22. The molecule has 6 aromatic carbocycles. The van der Waals surface area contributed by atoms with E-state index in [0.29, 0.717) is 11.1 Å². The van der Waals surface area contributed by atoms with Gasteiger partial charge in [0.05, 0.1) is 56.7 Å². The summed E-state index contributed by atoms with van der Waals surface area (Å²) in [5, 5.41) is 24.1. The fraction of sp³-hybridized carbons (Fsp3) is 0. The number of benzene rings is 6. The van der Waals surface area contributed by atoms with Gasteiger partial charge >= 0.3 is 0 Å². The maximum atomic E-state index is 9.96. The molecule has 0 aliphatic carbocycles. The van der Waals surface area contributed by atoms with Crippen molar-refractivity contribution in [3.8, 4) is 34.6 Å². The van der Waals surface area contributed by atoms with E-state index in [0.717, 1.165) is 55.3 Å². The summed E-state index contributed by atoms with van der Waals surface area (Å²) in [5.41, 5.74) is 9.54. The van der Waals surface area contributed by atoms with Crippen molar-refractivity contribution in [3.63, 3.8) is 0 Å². The van der Waals surface area contributed by atoms with Crippen molar-refractivity contribution in [3.05, 3.63) is 145 Å². The summed E-state index contributed by atoms with van der Waals surface area (Å²) in [7, 11) is 0. The van der Waals surface area contributed by atoms with Gasteiger partial charge in [-0.25, -0.2) is 0 Å². The van der Waals surface area contributed by atoms with Crippen molar-refractivity contribution in [1.82, 2.24) is 9.13 Å². The summed E-state index contributed by atoms with van der Waals surface area (Å²) in [6.45, 7) is 0. The second kappa shape index (κ2) is 9.24. The number of nitriles is 2. The summed E-state index contributed by atoms with van der Waals surface area (Å²) in [5.74, 6) is 0. The summed E-state index contributed by atoms with van der Waals surface area (Å²) < 4.78 is 4.57. The van der Waals surface area contributed by atoms with Gasteiger partial charge in [-0.05, 0) is 54.6 Å². The van der Waals surface area contributed by atoms with Crippen LogP contribution in [-0.4, -0.2) is 9.13 Å². The molecule has 0 amide bonds. The molecule has 4 nitrogen and oxygen atoms in total. The van der Waals surface area contributed by atoms with Gasteiger partial charge in [-0.1, -0.05) is 78.9 Å². The highest BCUT2D eigenvalue weighted by atomic mass is 15.0. The molecule has 0 atom stereocenters. The van der Waals surface area contributed by atoms with Gasteiger partial charge in [0.15, 0.2) is 0 Å².